The highest BCUT2D eigenvalue weighted by atomic mass is 16.3. The van der Waals surface area contributed by atoms with E-state index in [1.54, 1.807) is 6.26 Å². The fourth-order valence-electron chi connectivity index (χ4n) is 2.97. The van der Waals surface area contributed by atoms with Crippen LogP contribution in [0, 0.1) is 5.92 Å². The Balaban J connectivity index is 1.76. The SMILES string of the molecule is CC(C)CNCC1CCCN1c1nccc2occc12. The summed E-state index contributed by atoms with van der Waals surface area (Å²) >= 11 is 0. The van der Waals surface area contributed by atoms with Crippen LogP contribution in [0.3, 0.4) is 0 Å². The van der Waals surface area contributed by atoms with Crippen LogP contribution in [0.25, 0.3) is 11.0 Å². The molecular weight excluding hydrogens is 250 g/mol. The van der Waals surface area contributed by atoms with Crippen molar-refractivity contribution >= 4 is 16.8 Å². The van der Waals surface area contributed by atoms with E-state index in [1.165, 1.54) is 12.8 Å². The van der Waals surface area contributed by atoms with Crippen LogP contribution in [0.4, 0.5) is 5.82 Å². The van der Waals surface area contributed by atoms with Gasteiger partial charge in [-0.2, -0.15) is 0 Å². The smallest absolute Gasteiger partial charge is 0.139 e. The van der Waals surface area contributed by atoms with Gasteiger partial charge < -0.3 is 14.6 Å². The van der Waals surface area contributed by atoms with E-state index in [4.69, 9.17) is 4.42 Å². The molecule has 0 saturated carbocycles. The molecular formula is C16H23N3O. The van der Waals surface area contributed by atoms with Gasteiger partial charge in [0.25, 0.3) is 0 Å². The van der Waals surface area contributed by atoms with Crippen molar-refractivity contribution in [1.29, 1.82) is 0 Å². The highest BCUT2D eigenvalue weighted by Gasteiger charge is 2.26. The average molecular weight is 273 g/mol. The van der Waals surface area contributed by atoms with E-state index >= 15 is 0 Å². The third-order valence-electron chi connectivity index (χ3n) is 3.94. The van der Waals surface area contributed by atoms with Crippen LogP contribution in [0.1, 0.15) is 26.7 Å². The number of pyridine rings is 1. The zero-order chi connectivity index (χ0) is 13.9. The van der Waals surface area contributed by atoms with Gasteiger partial charge in [0, 0.05) is 25.3 Å². The van der Waals surface area contributed by atoms with Gasteiger partial charge in [0.15, 0.2) is 0 Å². The predicted octanol–water partition coefficient (Wildman–Crippen LogP) is 3.04. The number of rotatable bonds is 5. The molecule has 0 amide bonds. The normalized spacial score (nSPS) is 19.4. The number of hydrogen-bond acceptors (Lipinski definition) is 4. The van der Waals surface area contributed by atoms with Crippen molar-refractivity contribution in [1.82, 2.24) is 10.3 Å². The maximum absolute atomic E-state index is 5.48. The molecule has 2 aromatic heterocycles. The van der Waals surface area contributed by atoms with E-state index in [0.717, 1.165) is 36.4 Å². The number of nitrogens with one attached hydrogen (secondary N) is 1. The lowest BCUT2D eigenvalue weighted by Gasteiger charge is -2.26. The summed E-state index contributed by atoms with van der Waals surface area (Å²) in [5.41, 5.74) is 0.927. The Labute approximate surface area is 120 Å². The van der Waals surface area contributed by atoms with Gasteiger partial charge in [-0.3, -0.25) is 0 Å². The third kappa shape index (κ3) is 2.66. The molecule has 108 valence electrons. The lowest BCUT2D eigenvalue weighted by molar-refractivity contribution is 0.511. The van der Waals surface area contributed by atoms with Crippen LogP contribution < -0.4 is 10.2 Å². The summed E-state index contributed by atoms with van der Waals surface area (Å²) in [5.74, 6) is 1.77. The monoisotopic (exact) mass is 273 g/mol. The molecule has 3 rings (SSSR count). The number of nitrogens with zero attached hydrogens (tertiary/aromatic N) is 2. The maximum atomic E-state index is 5.48. The summed E-state index contributed by atoms with van der Waals surface area (Å²) in [6.45, 7) is 7.69. The Hall–Kier alpha value is -1.55. The van der Waals surface area contributed by atoms with Crippen molar-refractivity contribution in [2.24, 2.45) is 5.92 Å². The molecule has 0 radical (unpaired) electrons. The molecule has 1 aliphatic rings. The predicted molar refractivity (Wildman–Crippen MR) is 82.1 cm³/mol. The molecule has 1 unspecified atom stereocenters. The molecule has 4 heteroatoms. The van der Waals surface area contributed by atoms with E-state index in [9.17, 15) is 0 Å². The second kappa shape index (κ2) is 5.83. The van der Waals surface area contributed by atoms with Crippen molar-refractivity contribution in [3.05, 3.63) is 24.6 Å². The first-order chi connectivity index (χ1) is 9.75. The van der Waals surface area contributed by atoms with Crippen LogP contribution in [-0.2, 0) is 0 Å². The number of anilines is 1. The molecule has 3 heterocycles. The van der Waals surface area contributed by atoms with Gasteiger partial charge in [-0.05, 0) is 37.4 Å². The Morgan fingerprint density at radius 1 is 1.45 bits per heavy atom. The standard InChI is InChI=1S/C16H23N3O/c1-12(2)10-17-11-13-4-3-8-19(13)16-14-6-9-20-15(14)5-7-18-16/h5-7,9,12-13,17H,3-4,8,10-11H2,1-2H3. The first kappa shape index (κ1) is 13.4. The summed E-state index contributed by atoms with van der Waals surface area (Å²) in [7, 11) is 0. The average Bonchev–Trinajstić information content (AvgIpc) is 3.05. The van der Waals surface area contributed by atoms with E-state index in [0.29, 0.717) is 12.0 Å². The first-order valence-corrected chi connectivity index (χ1v) is 7.55. The molecule has 2 aromatic rings. The molecule has 1 aliphatic heterocycles. The van der Waals surface area contributed by atoms with E-state index in [2.05, 4.69) is 29.0 Å². The molecule has 1 fully saturated rings. The molecule has 4 nitrogen and oxygen atoms in total. The van der Waals surface area contributed by atoms with Gasteiger partial charge in [0.1, 0.15) is 11.4 Å². The molecule has 0 bridgehead atoms. The van der Waals surface area contributed by atoms with Gasteiger partial charge in [-0.15, -0.1) is 0 Å². The summed E-state index contributed by atoms with van der Waals surface area (Å²) in [6, 6.07) is 4.50. The van der Waals surface area contributed by atoms with Gasteiger partial charge >= 0.3 is 0 Å². The molecule has 0 aliphatic carbocycles. The maximum Gasteiger partial charge on any atom is 0.139 e. The lowest BCUT2D eigenvalue weighted by Crippen LogP contribution is -2.39. The Bertz CT molecular complexity index is 564. The third-order valence-corrected chi connectivity index (χ3v) is 3.94. The topological polar surface area (TPSA) is 41.3 Å². The molecule has 1 atom stereocenters. The minimum atomic E-state index is 0.543. The van der Waals surface area contributed by atoms with Crippen molar-refractivity contribution < 1.29 is 4.42 Å². The zero-order valence-electron chi connectivity index (χ0n) is 12.3. The second-order valence-electron chi connectivity index (χ2n) is 6.01. The zero-order valence-corrected chi connectivity index (χ0v) is 12.3. The summed E-state index contributed by atoms with van der Waals surface area (Å²) in [4.78, 5) is 7.03. The highest BCUT2D eigenvalue weighted by molar-refractivity contribution is 5.88. The Kier molecular flexibility index (Phi) is 3.92. The minimum Gasteiger partial charge on any atom is -0.464 e. The Morgan fingerprint density at radius 2 is 2.35 bits per heavy atom. The van der Waals surface area contributed by atoms with Crippen molar-refractivity contribution in [3.8, 4) is 0 Å². The molecule has 0 spiro atoms. The summed E-state index contributed by atoms with van der Waals surface area (Å²) in [6.07, 6.45) is 6.07. The van der Waals surface area contributed by atoms with E-state index in [1.807, 2.05) is 18.3 Å². The Morgan fingerprint density at radius 3 is 3.20 bits per heavy atom. The van der Waals surface area contributed by atoms with Gasteiger partial charge in [-0.25, -0.2) is 4.98 Å². The van der Waals surface area contributed by atoms with Gasteiger partial charge in [0.2, 0.25) is 0 Å². The van der Waals surface area contributed by atoms with Crippen molar-refractivity contribution in [2.75, 3.05) is 24.5 Å². The fraction of sp³-hybridized carbons (Fsp3) is 0.562. The van der Waals surface area contributed by atoms with Crippen molar-refractivity contribution in [2.45, 2.75) is 32.7 Å². The summed E-state index contributed by atoms with van der Waals surface area (Å²) < 4.78 is 5.48. The second-order valence-corrected chi connectivity index (χ2v) is 6.01. The number of hydrogen-bond donors (Lipinski definition) is 1. The fourth-order valence-corrected chi connectivity index (χ4v) is 2.97. The molecule has 1 N–H and O–H groups in total. The molecule has 20 heavy (non-hydrogen) atoms. The highest BCUT2D eigenvalue weighted by Crippen LogP contribution is 2.30. The van der Waals surface area contributed by atoms with Crippen LogP contribution in [0.2, 0.25) is 0 Å². The number of aromatic nitrogens is 1. The lowest BCUT2D eigenvalue weighted by atomic mass is 10.2. The number of furan rings is 1. The largest absolute Gasteiger partial charge is 0.464 e. The van der Waals surface area contributed by atoms with E-state index < -0.39 is 0 Å². The van der Waals surface area contributed by atoms with Gasteiger partial charge in [0.05, 0.1) is 11.6 Å². The van der Waals surface area contributed by atoms with Gasteiger partial charge in [-0.1, -0.05) is 13.8 Å². The van der Waals surface area contributed by atoms with Crippen LogP contribution >= 0.6 is 0 Å². The van der Waals surface area contributed by atoms with Crippen LogP contribution in [0.15, 0.2) is 29.0 Å². The minimum absolute atomic E-state index is 0.543. The van der Waals surface area contributed by atoms with Crippen molar-refractivity contribution in [3.63, 3.8) is 0 Å². The van der Waals surface area contributed by atoms with Crippen LogP contribution in [-0.4, -0.2) is 30.7 Å². The molecule has 0 aromatic carbocycles. The summed E-state index contributed by atoms with van der Waals surface area (Å²) in [5, 5.41) is 4.70. The first-order valence-electron chi connectivity index (χ1n) is 7.55. The van der Waals surface area contributed by atoms with Crippen LogP contribution in [0.5, 0.6) is 0 Å². The molecule has 1 saturated heterocycles. The quantitative estimate of drug-likeness (QED) is 0.909. The van der Waals surface area contributed by atoms with E-state index in [-0.39, 0.29) is 0 Å². The number of fused-ring (bicyclic) bond motifs is 1.